The van der Waals surface area contributed by atoms with Gasteiger partial charge in [-0.1, -0.05) is 31.2 Å². The first-order valence-electron chi connectivity index (χ1n) is 6.91. The van der Waals surface area contributed by atoms with Crippen LogP contribution in [0.2, 0.25) is 0 Å². The molecule has 104 valence electrons. The van der Waals surface area contributed by atoms with Crippen molar-refractivity contribution >= 4 is 28.1 Å². The molecule has 0 aliphatic rings. The molecule has 0 bridgehead atoms. The third kappa shape index (κ3) is 2.74. The van der Waals surface area contributed by atoms with Crippen LogP contribution >= 0.6 is 11.3 Å². The number of nitrogens with one attached hydrogen (secondary N) is 1. The lowest BCUT2D eigenvalue weighted by Gasteiger charge is -2.16. The number of benzene rings is 1. The molecule has 0 saturated carbocycles. The van der Waals surface area contributed by atoms with Gasteiger partial charge in [0.1, 0.15) is 5.82 Å². The molecular formula is C17H15N3S. The van der Waals surface area contributed by atoms with Crippen LogP contribution in [0.1, 0.15) is 29.8 Å². The van der Waals surface area contributed by atoms with Crippen LogP contribution in [-0.4, -0.2) is 4.98 Å². The van der Waals surface area contributed by atoms with Gasteiger partial charge < -0.3 is 5.32 Å². The fraction of sp³-hybridized carbons (Fsp3) is 0.176. The average molecular weight is 293 g/mol. The van der Waals surface area contributed by atoms with Crippen LogP contribution < -0.4 is 5.32 Å². The number of fused-ring (bicyclic) bond motifs is 1. The van der Waals surface area contributed by atoms with E-state index in [0.717, 1.165) is 23.1 Å². The number of pyridine rings is 1. The first kappa shape index (κ1) is 13.6. The Kier molecular flexibility index (Phi) is 3.85. The second-order valence-electron chi connectivity index (χ2n) is 4.80. The lowest BCUT2D eigenvalue weighted by molar-refractivity contribution is 0.759. The number of hydrogen-bond acceptors (Lipinski definition) is 4. The van der Waals surface area contributed by atoms with Gasteiger partial charge in [0.05, 0.1) is 23.2 Å². The van der Waals surface area contributed by atoms with Gasteiger partial charge in [0.15, 0.2) is 0 Å². The Morgan fingerprint density at radius 1 is 1.29 bits per heavy atom. The minimum absolute atomic E-state index is 0.227. The highest BCUT2D eigenvalue weighted by molar-refractivity contribution is 7.10. The van der Waals surface area contributed by atoms with E-state index in [1.165, 1.54) is 4.88 Å². The van der Waals surface area contributed by atoms with Crippen molar-refractivity contribution in [3.8, 4) is 6.07 Å². The second kappa shape index (κ2) is 5.94. The monoisotopic (exact) mass is 293 g/mol. The summed E-state index contributed by atoms with van der Waals surface area (Å²) in [6.07, 6.45) is 0.969. The van der Waals surface area contributed by atoms with Crippen molar-refractivity contribution in [3.05, 3.63) is 58.3 Å². The third-order valence-corrected chi connectivity index (χ3v) is 4.44. The molecule has 1 atom stereocenters. The molecule has 0 radical (unpaired) electrons. The predicted octanol–water partition coefficient (Wildman–Crippen LogP) is 4.73. The van der Waals surface area contributed by atoms with Gasteiger partial charge in [-0.3, -0.25) is 0 Å². The number of nitrogens with zero attached hydrogens (tertiary/aromatic N) is 2. The maximum Gasteiger partial charge on any atom is 0.128 e. The molecule has 0 spiro atoms. The molecule has 3 aromatic rings. The zero-order valence-electron chi connectivity index (χ0n) is 11.7. The van der Waals surface area contributed by atoms with Gasteiger partial charge in [0.25, 0.3) is 0 Å². The summed E-state index contributed by atoms with van der Waals surface area (Å²) in [7, 11) is 0. The fourth-order valence-corrected chi connectivity index (χ4v) is 3.25. The Labute approximate surface area is 127 Å². The molecule has 2 heterocycles. The maximum absolute atomic E-state index is 9.33. The quantitative estimate of drug-likeness (QED) is 0.756. The normalized spacial score (nSPS) is 12.0. The molecule has 3 rings (SSSR count). The lowest BCUT2D eigenvalue weighted by atomic mass is 10.1. The standard InChI is InChI=1S/C17H15N3S/c1-2-14(16-8-5-9-21-16)19-17-10-12(11-18)13-6-3-4-7-15(13)20-17/h3-10,14H,2H2,1H3,(H,19,20). The number of anilines is 1. The van der Waals surface area contributed by atoms with Gasteiger partial charge in [-0.2, -0.15) is 5.26 Å². The van der Waals surface area contributed by atoms with Crippen LogP contribution in [0.3, 0.4) is 0 Å². The first-order valence-corrected chi connectivity index (χ1v) is 7.79. The van der Waals surface area contributed by atoms with Crippen molar-refractivity contribution < 1.29 is 0 Å². The average Bonchev–Trinajstić information content (AvgIpc) is 3.06. The third-order valence-electron chi connectivity index (χ3n) is 3.45. The second-order valence-corrected chi connectivity index (χ2v) is 5.78. The number of rotatable bonds is 4. The van der Waals surface area contributed by atoms with Gasteiger partial charge in [-0.05, 0) is 30.0 Å². The molecule has 0 amide bonds. The molecule has 1 aromatic carbocycles. The lowest BCUT2D eigenvalue weighted by Crippen LogP contribution is -2.09. The molecule has 21 heavy (non-hydrogen) atoms. The molecule has 4 heteroatoms. The van der Waals surface area contributed by atoms with Gasteiger partial charge >= 0.3 is 0 Å². The van der Waals surface area contributed by atoms with E-state index >= 15 is 0 Å². The van der Waals surface area contributed by atoms with Crippen LogP contribution in [-0.2, 0) is 0 Å². The summed E-state index contributed by atoms with van der Waals surface area (Å²) in [6.45, 7) is 2.14. The first-order chi connectivity index (χ1) is 10.3. The predicted molar refractivity (Wildman–Crippen MR) is 87.4 cm³/mol. The van der Waals surface area contributed by atoms with E-state index in [4.69, 9.17) is 0 Å². The highest BCUT2D eigenvalue weighted by atomic mass is 32.1. The largest absolute Gasteiger partial charge is 0.362 e. The minimum Gasteiger partial charge on any atom is -0.362 e. The Hall–Kier alpha value is -2.38. The van der Waals surface area contributed by atoms with Crippen LogP contribution in [0, 0.1) is 11.3 Å². The molecule has 2 aromatic heterocycles. The summed E-state index contributed by atoms with van der Waals surface area (Å²) in [5, 5.41) is 15.8. The highest BCUT2D eigenvalue weighted by Crippen LogP contribution is 2.27. The van der Waals surface area contributed by atoms with Gasteiger partial charge in [-0.15, -0.1) is 11.3 Å². The Morgan fingerprint density at radius 3 is 2.86 bits per heavy atom. The number of aromatic nitrogens is 1. The van der Waals surface area contributed by atoms with E-state index in [-0.39, 0.29) is 6.04 Å². The molecule has 1 N–H and O–H groups in total. The van der Waals surface area contributed by atoms with Gasteiger partial charge in [0.2, 0.25) is 0 Å². The molecule has 0 saturated heterocycles. The Balaban J connectivity index is 1.99. The Bertz CT molecular complexity index is 787. The highest BCUT2D eigenvalue weighted by Gasteiger charge is 2.12. The van der Waals surface area contributed by atoms with Crippen LogP contribution in [0.4, 0.5) is 5.82 Å². The van der Waals surface area contributed by atoms with E-state index in [1.807, 2.05) is 30.3 Å². The van der Waals surface area contributed by atoms with Crippen LogP contribution in [0.25, 0.3) is 10.9 Å². The topological polar surface area (TPSA) is 48.7 Å². The maximum atomic E-state index is 9.33. The molecule has 3 nitrogen and oxygen atoms in total. The van der Waals surface area contributed by atoms with Crippen molar-refractivity contribution in [3.63, 3.8) is 0 Å². The van der Waals surface area contributed by atoms with Crippen molar-refractivity contribution in [2.75, 3.05) is 5.32 Å². The number of hydrogen-bond donors (Lipinski definition) is 1. The van der Waals surface area contributed by atoms with Gasteiger partial charge in [-0.25, -0.2) is 4.98 Å². The summed E-state index contributed by atoms with van der Waals surface area (Å²) >= 11 is 1.73. The van der Waals surface area contributed by atoms with E-state index in [9.17, 15) is 5.26 Å². The molecule has 1 unspecified atom stereocenters. The summed E-state index contributed by atoms with van der Waals surface area (Å²) < 4.78 is 0. The summed E-state index contributed by atoms with van der Waals surface area (Å²) in [5.41, 5.74) is 1.50. The van der Waals surface area contributed by atoms with Crippen molar-refractivity contribution in [1.29, 1.82) is 5.26 Å². The smallest absolute Gasteiger partial charge is 0.128 e. The molecule has 0 aliphatic carbocycles. The summed E-state index contributed by atoms with van der Waals surface area (Å²) in [5.74, 6) is 0.755. The van der Waals surface area contributed by atoms with E-state index in [1.54, 1.807) is 11.3 Å². The fourth-order valence-electron chi connectivity index (χ4n) is 2.38. The molecule has 0 aliphatic heterocycles. The zero-order chi connectivity index (χ0) is 14.7. The molecular weight excluding hydrogens is 278 g/mol. The molecule has 0 fully saturated rings. The van der Waals surface area contributed by atoms with E-state index in [2.05, 4.69) is 40.8 Å². The zero-order valence-corrected chi connectivity index (χ0v) is 12.5. The van der Waals surface area contributed by atoms with Crippen molar-refractivity contribution in [1.82, 2.24) is 4.98 Å². The van der Waals surface area contributed by atoms with Crippen LogP contribution in [0.5, 0.6) is 0 Å². The number of thiophene rings is 1. The van der Waals surface area contributed by atoms with Crippen LogP contribution in [0.15, 0.2) is 47.8 Å². The van der Waals surface area contributed by atoms with E-state index in [0.29, 0.717) is 5.56 Å². The SMILES string of the molecule is CCC(Nc1cc(C#N)c2ccccc2n1)c1cccs1. The summed E-state index contributed by atoms with van der Waals surface area (Å²) in [6, 6.07) is 16.2. The van der Waals surface area contributed by atoms with Gasteiger partial charge in [0, 0.05) is 10.3 Å². The van der Waals surface area contributed by atoms with E-state index < -0.39 is 0 Å². The minimum atomic E-state index is 0.227. The van der Waals surface area contributed by atoms with Crippen molar-refractivity contribution in [2.45, 2.75) is 19.4 Å². The Morgan fingerprint density at radius 2 is 2.14 bits per heavy atom. The number of para-hydroxylation sites is 1. The van der Waals surface area contributed by atoms with Crippen molar-refractivity contribution in [2.24, 2.45) is 0 Å². The summed E-state index contributed by atoms with van der Waals surface area (Å²) in [4.78, 5) is 5.91. The number of nitriles is 1.